The molecular formula is C16H14ClN3. The van der Waals surface area contributed by atoms with E-state index in [1.807, 2.05) is 18.3 Å². The summed E-state index contributed by atoms with van der Waals surface area (Å²) in [4.78, 5) is 9.27. The summed E-state index contributed by atoms with van der Waals surface area (Å²) >= 11 is 5.85. The second-order valence-corrected chi connectivity index (χ2v) is 5.48. The fraction of sp³-hybridized carbons (Fsp3) is 0.250. The Morgan fingerprint density at radius 3 is 2.65 bits per heavy atom. The number of hydrogen-bond acceptors (Lipinski definition) is 2. The Bertz CT molecular complexity index is 757. The fourth-order valence-electron chi connectivity index (χ4n) is 2.55. The second-order valence-electron chi connectivity index (χ2n) is 5.21. The van der Waals surface area contributed by atoms with Crippen LogP contribution >= 0.6 is 11.6 Å². The molecule has 2 aromatic heterocycles. The van der Waals surface area contributed by atoms with Crippen molar-refractivity contribution in [1.82, 2.24) is 14.5 Å². The van der Waals surface area contributed by atoms with Gasteiger partial charge in [0.1, 0.15) is 11.3 Å². The fourth-order valence-corrected chi connectivity index (χ4v) is 2.73. The van der Waals surface area contributed by atoms with E-state index in [0.717, 1.165) is 28.1 Å². The monoisotopic (exact) mass is 283 g/mol. The maximum absolute atomic E-state index is 5.85. The number of aromatic nitrogens is 3. The molecule has 4 heteroatoms. The van der Waals surface area contributed by atoms with Crippen LogP contribution in [0.5, 0.6) is 0 Å². The van der Waals surface area contributed by atoms with Crippen LogP contribution in [0.15, 0.2) is 42.6 Å². The maximum atomic E-state index is 5.85. The van der Waals surface area contributed by atoms with Crippen LogP contribution in [0.2, 0.25) is 0 Å². The highest BCUT2D eigenvalue weighted by atomic mass is 35.5. The molecule has 1 fully saturated rings. The van der Waals surface area contributed by atoms with Crippen molar-refractivity contribution < 1.29 is 0 Å². The van der Waals surface area contributed by atoms with Gasteiger partial charge in [-0.05, 0) is 30.5 Å². The summed E-state index contributed by atoms with van der Waals surface area (Å²) in [7, 11) is 0. The minimum absolute atomic E-state index is 0.543. The Morgan fingerprint density at radius 1 is 1.15 bits per heavy atom. The molecule has 1 saturated carbocycles. The van der Waals surface area contributed by atoms with Gasteiger partial charge < -0.3 is 4.57 Å². The molecule has 4 rings (SSSR count). The molecule has 1 aliphatic rings. The summed E-state index contributed by atoms with van der Waals surface area (Å²) < 4.78 is 2.28. The molecule has 3 aromatic rings. The van der Waals surface area contributed by atoms with Crippen LogP contribution in [-0.2, 0) is 5.88 Å². The first-order chi connectivity index (χ1) is 9.86. The summed E-state index contributed by atoms with van der Waals surface area (Å²) in [5, 5.41) is 0. The molecule has 0 atom stereocenters. The highest BCUT2D eigenvalue weighted by Gasteiger charge is 2.29. The molecule has 0 spiro atoms. The maximum Gasteiger partial charge on any atom is 0.160 e. The number of benzene rings is 1. The number of rotatable bonds is 3. The van der Waals surface area contributed by atoms with Crippen molar-refractivity contribution in [3.05, 3.63) is 48.2 Å². The first-order valence-electron chi connectivity index (χ1n) is 6.85. The molecule has 0 N–H and O–H groups in total. The van der Waals surface area contributed by atoms with Crippen molar-refractivity contribution in [3.8, 4) is 11.4 Å². The van der Waals surface area contributed by atoms with Crippen LogP contribution in [0.1, 0.15) is 24.4 Å². The summed E-state index contributed by atoms with van der Waals surface area (Å²) in [5.41, 5.74) is 4.22. The van der Waals surface area contributed by atoms with E-state index in [0.29, 0.717) is 11.9 Å². The molecule has 0 unspecified atom stereocenters. The lowest BCUT2D eigenvalue weighted by molar-refractivity contribution is 0.766. The third kappa shape index (κ3) is 1.90. The van der Waals surface area contributed by atoms with E-state index in [1.165, 1.54) is 12.8 Å². The Kier molecular flexibility index (Phi) is 2.74. The van der Waals surface area contributed by atoms with E-state index in [1.54, 1.807) is 0 Å². The molecule has 0 saturated heterocycles. The number of fused-ring (bicyclic) bond motifs is 1. The van der Waals surface area contributed by atoms with Crippen molar-refractivity contribution in [1.29, 1.82) is 0 Å². The smallest absolute Gasteiger partial charge is 0.160 e. The van der Waals surface area contributed by atoms with Crippen molar-refractivity contribution in [2.75, 3.05) is 0 Å². The van der Waals surface area contributed by atoms with Crippen LogP contribution in [0.3, 0.4) is 0 Å². The lowest BCUT2D eigenvalue weighted by Gasteiger charge is -2.07. The first-order valence-corrected chi connectivity index (χ1v) is 7.38. The largest absolute Gasteiger partial charge is 0.306 e. The summed E-state index contributed by atoms with van der Waals surface area (Å²) in [6.07, 6.45) is 4.27. The lowest BCUT2D eigenvalue weighted by Crippen LogP contribution is -1.98. The highest BCUT2D eigenvalue weighted by Crippen LogP contribution is 2.40. The Labute approximate surface area is 122 Å². The van der Waals surface area contributed by atoms with E-state index < -0.39 is 0 Å². The van der Waals surface area contributed by atoms with Crippen LogP contribution in [0, 0.1) is 0 Å². The quantitative estimate of drug-likeness (QED) is 0.675. The molecular weight excluding hydrogens is 270 g/mol. The number of alkyl halides is 1. The van der Waals surface area contributed by atoms with Gasteiger partial charge in [-0.1, -0.05) is 24.3 Å². The molecule has 2 heterocycles. The van der Waals surface area contributed by atoms with Crippen LogP contribution in [0.25, 0.3) is 22.6 Å². The molecule has 0 radical (unpaired) electrons. The Balaban J connectivity index is 1.91. The van der Waals surface area contributed by atoms with Gasteiger partial charge in [0.2, 0.25) is 0 Å². The van der Waals surface area contributed by atoms with Gasteiger partial charge in [0.15, 0.2) is 5.65 Å². The zero-order valence-corrected chi connectivity index (χ0v) is 11.7. The first kappa shape index (κ1) is 11.9. The third-order valence-corrected chi connectivity index (χ3v) is 4.04. The number of pyridine rings is 1. The highest BCUT2D eigenvalue weighted by molar-refractivity contribution is 6.17. The van der Waals surface area contributed by atoms with Gasteiger partial charge in [-0.25, -0.2) is 9.97 Å². The van der Waals surface area contributed by atoms with Gasteiger partial charge in [-0.15, -0.1) is 11.6 Å². The van der Waals surface area contributed by atoms with Gasteiger partial charge in [0, 0.05) is 23.7 Å². The Hall–Kier alpha value is -1.87. The van der Waals surface area contributed by atoms with Crippen LogP contribution in [0.4, 0.5) is 0 Å². The van der Waals surface area contributed by atoms with Crippen molar-refractivity contribution in [3.63, 3.8) is 0 Å². The molecule has 1 aliphatic carbocycles. The zero-order chi connectivity index (χ0) is 13.5. The molecule has 100 valence electrons. The number of halogens is 1. The van der Waals surface area contributed by atoms with Gasteiger partial charge >= 0.3 is 0 Å². The van der Waals surface area contributed by atoms with E-state index in [2.05, 4.69) is 33.8 Å². The zero-order valence-electron chi connectivity index (χ0n) is 11.0. The molecule has 20 heavy (non-hydrogen) atoms. The molecule has 0 amide bonds. The minimum atomic E-state index is 0.543. The van der Waals surface area contributed by atoms with Gasteiger partial charge in [-0.3, -0.25) is 0 Å². The van der Waals surface area contributed by atoms with E-state index in [-0.39, 0.29) is 0 Å². The minimum Gasteiger partial charge on any atom is -0.306 e. The normalized spacial score (nSPS) is 14.8. The average Bonchev–Trinajstić information content (AvgIpc) is 3.27. The summed E-state index contributed by atoms with van der Waals surface area (Å²) in [6.45, 7) is 0. The van der Waals surface area contributed by atoms with E-state index in [9.17, 15) is 0 Å². The second kappa shape index (κ2) is 4.60. The number of imidazole rings is 1. The lowest BCUT2D eigenvalue weighted by atomic mass is 10.1. The molecule has 0 bridgehead atoms. The number of hydrogen-bond donors (Lipinski definition) is 0. The SMILES string of the molecule is ClCc1ccc(-c2nc3cccnc3n2C2CC2)cc1. The third-order valence-electron chi connectivity index (χ3n) is 3.73. The van der Waals surface area contributed by atoms with Crippen molar-refractivity contribution in [2.45, 2.75) is 24.8 Å². The van der Waals surface area contributed by atoms with E-state index in [4.69, 9.17) is 16.6 Å². The average molecular weight is 284 g/mol. The Morgan fingerprint density at radius 2 is 1.95 bits per heavy atom. The predicted octanol–water partition coefficient (Wildman–Crippen LogP) is 4.17. The van der Waals surface area contributed by atoms with Gasteiger partial charge in [-0.2, -0.15) is 0 Å². The summed E-state index contributed by atoms with van der Waals surface area (Å²) in [5.74, 6) is 1.56. The van der Waals surface area contributed by atoms with Gasteiger partial charge in [0.05, 0.1) is 0 Å². The van der Waals surface area contributed by atoms with Crippen LogP contribution in [-0.4, -0.2) is 14.5 Å². The molecule has 1 aromatic carbocycles. The predicted molar refractivity (Wildman–Crippen MR) is 80.8 cm³/mol. The molecule has 3 nitrogen and oxygen atoms in total. The topological polar surface area (TPSA) is 30.7 Å². The molecule has 0 aliphatic heterocycles. The summed E-state index contributed by atoms with van der Waals surface area (Å²) in [6, 6.07) is 12.8. The number of nitrogens with zero attached hydrogens (tertiary/aromatic N) is 3. The van der Waals surface area contributed by atoms with E-state index >= 15 is 0 Å². The standard InChI is InChI=1S/C16H14ClN3/c17-10-11-3-5-12(6-4-11)15-19-14-2-1-9-18-16(14)20(15)13-7-8-13/h1-6,9,13H,7-8,10H2. The van der Waals surface area contributed by atoms with Crippen molar-refractivity contribution in [2.24, 2.45) is 0 Å². The van der Waals surface area contributed by atoms with Crippen LogP contribution < -0.4 is 0 Å². The van der Waals surface area contributed by atoms with Gasteiger partial charge in [0.25, 0.3) is 0 Å². The van der Waals surface area contributed by atoms with Crippen molar-refractivity contribution >= 4 is 22.8 Å².